The Kier molecular flexibility index (Phi) is 3.60. The number of hydrogen-bond acceptors (Lipinski definition) is 4. The van der Waals surface area contributed by atoms with Crippen molar-refractivity contribution in [1.29, 1.82) is 0 Å². The highest BCUT2D eigenvalue weighted by molar-refractivity contribution is 5.97. The average molecular weight is 285 g/mol. The Morgan fingerprint density at radius 3 is 3.05 bits per heavy atom. The first-order valence-electron chi connectivity index (χ1n) is 7.16. The summed E-state index contributed by atoms with van der Waals surface area (Å²) in [5, 5.41) is 7.53. The number of pyridine rings is 1. The molecule has 1 atom stereocenters. The van der Waals surface area contributed by atoms with Gasteiger partial charge in [0.15, 0.2) is 0 Å². The van der Waals surface area contributed by atoms with Crippen molar-refractivity contribution < 1.29 is 4.79 Å². The number of rotatable bonds is 3. The molecular formula is C15H19N5O. The van der Waals surface area contributed by atoms with Gasteiger partial charge in [-0.25, -0.2) is 0 Å². The van der Waals surface area contributed by atoms with E-state index < -0.39 is 5.91 Å². The smallest absolute Gasteiger partial charge is 0.254 e. The minimum atomic E-state index is -0.454. The second kappa shape index (κ2) is 5.55. The zero-order valence-corrected chi connectivity index (χ0v) is 12.0. The number of nitrogens with one attached hydrogen (secondary N) is 1. The second-order valence-electron chi connectivity index (χ2n) is 5.42. The largest absolute Gasteiger partial charge is 0.367 e. The summed E-state index contributed by atoms with van der Waals surface area (Å²) in [6.07, 6.45) is 7.27. The molecule has 0 fully saturated rings. The van der Waals surface area contributed by atoms with Gasteiger partial charge in [0.25, 0.3) is 5.91 Å². The number of anilines is 1. The number of aromatic nitrogens is 3. The van der Waals surface area contributed by atoms with Crippen molar-refractivity contribution in [1.82, 2.24) is 14.8 Å². The van der Waals surface area contributed by atoms with Crippen molar-refractivity contribution in [3.63, 3.8) is 0 Å². The number of aryl methyl sites for hydroxylation is 3. The first-order chi connectivity index (χ1) is 10.1. The fourth-order valence-corrected chi connectivity index (χ4v) is 2.84. The van der Waals surface area contributed by atoms with E-state index in [4.69, 9.17) is 5.73 Å². The zero-order valence-electron chi connectivity index (χ0n) is 12.0. The van der Waals surface area contributed by atoms with Crippen LogP contribution in [0, 0.1) is 0 Å². The molecule has 2 aromatic heterocycles. The van der Waals surface area contributed by atoms with E-state index in [1.807, 2.05) is 19.3 Å². The summed E-state index contributed by atoms with van der Waals surface area (Å²) in [7, 11) is 1.81. The highest BCUT2D eigenvalue weighted by atomic mass is 16.1. The molecule has 0 radical (unpaired) electrons. The van der Waals surface area contributed by atoms with Crippen LogP contribution in [0.2, 0.25) is 0 Å². The van der Waals surface area contributed by atoms with Crippen LogP contribution in [-0.4, -0.2) is 26.7 Å². The van der Waals surface area contributed by atoms with Gasteiger partial charge in [0, 0.05) is 25.0 Å². The number of carbonyl (C=O) groups excluding carboxylic acids is 1. The van der Waals surface area contributed by atoms with E-state index in [1.54, 1.807) is 4.68 Å². The van der Waals surface area contributed by atoms with Crippen LogP contribution >= 0.6 is 0 Å². The number of fused-ring (bicyclic) bond motifs is 1. The number of nitrogens with two attached hydrogens (primary N) is 1. The van der Waals surface area contributed by atoms with Crippen molar-refractivity contribution in [2.45, 2.75) is 31.7 Å². The summed E-state index contributed by atoms with van der Waals surface area (Å²) in [5.41, 5.74) is 8.34. The van der Waals surface area contributed by atoms with Gasteiger partial charge in [-0.05, 0) is 37.3 Å². The molecule has 110 valence electrons. The molecule has 0 aromatic carbocycles. The number of carbonyl (C=O) groups is 1. The van der Waals surface area contributed by atoms with Crippen LogP contribution in [0.3, 0.4) is 0 Å². The Hall–Kier alpha value is -2.37. The van der Waals surface area contributed by atoms with E-state index in [1.165, 1.54) is 17.5 Å². The molecule has 3 rings (SSSR count). The number of amides is 1. The number of hydrogen-bond donors (Lipinski definition) is 2. The van der Waals surface area contributed by atoms with E-state index in [0.717, 1.165) is 25.7 Å². The van der Waals surface area contributed by atoms with Gasteiger partial charge in [0.05, 0.1) is 6.20 Å². The van der Waals surface area contributed by atoms with Crippen LogP contribution in [-0.2, 0) is 19.9 Å². The van der Waals surface area contributed by atoms with Crippen LogP contribution in [0.4, 0.5) is 5.82 Å². The molecule has 2 heterocycles. The SMILES string of the molecule is Cn1ncc(C(N)=O)c1NC1CCc2cccnc2CC1. The molecule has 1 aliphatic rings. The third-order valence-corrected chi connectivity index (χ3v) is 4.02. The molecule has 1 amide bonds. The van der Waals surface area contributed by atoms with Crippen LogP contribution in [0.15, 0.2) is 24.5 Å². The van der Waals surface area contributed by atoms with E-state index in [0.29, 0.717) is 11.4 Å². The normalized spacial score (nSPS) is 17.9. The quantitative estimate of drug-likeness (QED) is 0.832. The van der Waals surface area contributed by atoms with Crippen molar-refractivity contribution in [2.75, 3.05) is 5.32 Å². The van der Waals surface area contributed by atoms with Crippen molar-refractivity contribution in [3.05, 3.63) is 41.3 Å². The van der Waals surface area contributed by atoms with Crippen LogP contribution in [0.1, 0.15) is 34.5 Å². The molecule has 6 nitrogen and oxygen atoms in total. The van der Waals surface area contributed by atoms with Gasteiger partial charge in [-0.3, -0.25) is 14.5 Å². The second-order valence-corrected chi connectivity index (χ2v) is 5.42. The first-order valence-corrected chi connectivity index (χ1v) is 7.16. The van der Waals surface area contributed by atoms with E-state index >= 15 is 0 Å². The van der Waals surface area contributed by atoms with Crippen LogP contribution < -0.4 is 11.1 Å². The predicted molar refractivity (Wildman–Crippen MR) is 80.0 cm³/mol. The zero-order chi connectivity index (χ0) is 14.8. The van der Waals surface area contributed by atoms with Gasteiger partial charge in [0.1, 0.15) is 11.4 Å². The van der Waals surface area contributed by atoms with Crippen molar-refractivity contribution in [2.24, 2.45) is 12.8 Å². The van der Waals surface area contributed by atoms with Gasteiger partial charge >= 0.3 is 0 Å². The Balaban J connectivity index is 1.76. The third-order valence-electron chi connectivity index (χ3n) is 4.02. The summed E-state index contributed by atoms with van der Waals surface area (Å²) < 4.78 is 1.66. The molecule has 1 aliphatic carbocycles. The Bertz CT molecular complexity index is 637. The molecule has 0 saturated carbocycles. The molecule has 0 aliphatic heterocycles. The van der Waals surface area contributed by atoms with E-state index in [2.05, 4.69) is 21.5 Å². The van der Waals surface area contributed by atoms with Crippen molar-refractivity contribution >= 4 is 11.7 Å². The van der Waals surface area contributed by atoms with Gasteiger partial charge in [-0.1, -0.05) is 6.07 Å². The third kappa shape index (κ3) is 2.74. The molecular weight excluding hydrogens is 266 g/mol. The summed E-state index contributed by atoms with van der Waals surface area (Å²) in [4.78, 5) is 15.9. The maximum Gasteiger partial charge on any atom is 0.254 e. The van der Waals surface area contributed by atoms with E-state index in [9.17, 15) is 4.79 Å². The summed E-state index contributed by atoms with van der Waals surface area (Å²) >= 11 is 0. The van der Waals surface area contributed by atoms with E-state index in [-0.39, 0.29) is 6.04 Å². The lowest BCUT2D eigenvalue weighted by Crippen LogP contribution is -2.24. The molecule has 2 aromatic rings. The maximum absolute atomic E-state index is 11.4. The lowest BCUT2D eigenvalue weighted by atomic mass is 10.1. The topological polar surface area (TPSA) is 85.8 Å². The van der Waals surface area contributed by atoms with Crippen LogP contribution in [0.25, 0.3) is 0 Å². The summed E-state index contributed by atoms with van der Waals surface area (Å²) in [6.45, 7) is 0. The monoisotopic (exact) mass is 285 g/mol. The lowest BCUT2D eigenvalue weighted by molar-refractivity contribution is 0.100. The summed E-state index contributed by atoms with van der Waals surface area (Å²) in [6, 6.07) is 4.41. The van der Waals surface area contributed by atoms with Crippen LogP contribution in [0.5, 0.6) is 0 Å². The molecule has 0 saturated heterocycles. The maximum atomic E-state index is 11.4. The molecule has 0 spiro atoms. The highest BCUT2D eigenvalue weighted by Crippen LogP contribution is 2.23. The lowest BCUT2D eigenvalue weighted by Gasteiger charge is -2.18. The number of nitrogens with zero attached hydrogens (tertiary/aromatic N) is 3. The summed E-state index contributed by atoms with van der Waals surface area (Å²) in [5.74, 6) is 0.246. The Morgan fingerprint density at radius 2 is 2.24 bits per heavy atom. The Morgan fingerprint density at radius 1 is 1.43 bits per heavy atom. The van der Waals surface area contributed by atoms with Gasteiger partial charge < -0.3 is 11.1 Å². The minimum absolute atomic E-state index is 0.285. The minimum Gasteiger partial charge on any atom is -0.367 e. The average Bonchev–Trinajstić information content (AvgIpc) is 2.71. The standard InChI is InChI=1S/C15H19N5O/c1-20-15(12(9-18-20)14(16)21)19-11-5-4-10-3-2-8-17-13(10)7-6-11/h2-3,8-9,11,19H,4-7H2,1H3,(H2,16,21). The predicted octanol–water partition coefficient (Wildman–Crippen LogP) is 1.27. The molecule has 3 N–H and O–H groups in total. The molecule has 0 bridgehead atoms. The first kappa shape index (κ1) is 13.6. The Labute approximate surface area is 123 Å². The fourth-order valence-electron chi connectivity index (χ4n) is 2.84. The fraction of sp³-hybridized carbons (Fsp3) is 0.400. The molecule has 21 heavy (non-hydrogen) atoms. The van der Waals surface area contributed by atoms with Gasteiger partial charge in [0.2, 0.25) is 0 Å². The molecule has 1 unspecified atom stereocenters. The van der Waals surface area contributed by atoms with Gasteiger partial charge in [-0.2, -0.15) is 5.10 Å². The number of primary amides is 1. The van der Waals surface area contributed by atoms with Crippen molar-refractivity contribution in [3.8, 4) is 0 Å². The molecule has 6 heteroatoms. The van der Waals surface area contributed by atoms with Gasteiger partial charge in [-0.15, -0.1) is 0 Å². The highest BCUT2D eigenvalue weighted by Gasteiger charge is 2.20.